The van der Waals surface area contributed by atoms with E-state index < -0.39 is 0 Å². The number of anilines is 1. The average Bonchev–Trinajstić information content (AvgIpc) is 2.42. The van der Waals surface area contributed by atoms with Crippen molar-refractivity contribution in [2.75, 3.05) is 38.8 Å². The highest BCUT2D eigenvalue weighted by atomic mass is 19.1. The quantitative estimate of drug-likeness (QED) is 0.697. The normalized spacial score (nSPS) is 10.7. The van der Waals surface area contributed by atoms with Gasteiger partial charge in [-0.1, -0.05) is 19.4 Å². The lowest BCUT2D eigenvalue weighted by molar-refractivity contribution is 0.199. The van der Waals surface area contributed by atoms with Crippen molar-refractivity contribution < 1.29 is 9.13 Å². The number of unbranched alkanes of at least 4 members (excludes halogenated alkanes) is 1. The number of methoxy groups -OCH3 is 1. The van der Waals surface area contributed by atoms with Gasteiger partial charge in [0, 0.05) is 45.0 Å². The summed E-state index contributed by atoms with van der Waals surface area (Å²) in [4.78, 5) is 2.12. The summed E-state index contributed by atoms with van der Waals surface area (Å²) in [5.74, 6) is -0.147. The molecule has 0 aliphatic carbocycles. The van der Waals surface area contributed by atoms with Crippen LogP contribution in [0.3, 0.4) is 0 Å². The van der Waals surface area contributed by atoms with Crippen LogP contribution in [-0.4, -0.2) is 33.9 Å². The molecule has 1 aromatic carbocycles. The van der Waals surface area contributed by atoms with Gasteiger partial charge in [0.15, 0.2) is 0 Å². The first-order chi connectivity index (χ1) is 9.20. The molecule has 0 bridgehead atoms. The van der Waals surface area contributed by atoms with E-state index in [1.165, 1.54) is 6.07 Å². The van der Waals surface area contributed by atoms with Crippen molar-refractivity contribution >= 4 is 5.69 Å². The Balaban J connectivity index is 2.71. The largest absolute Gasteiger partial charge is 0.383 e. The summed E-state index contributed by atoms with van der Waals surface area (Å²) in [5.41, 5.74) is 1.70. The van der Waals surface area contributed by atoms with Crippen LogP contribution < -0.4 is 10.2 Å². The van der Waals surface area contributed by atoms with Crippen LogP contribution >= 0.6 is 0 Å². The molecule has 0 fully saturated rings. The summed E-state index contributed by atoms with van der Waals surface area (Å²) < 4.78 is 18.9. The van der Waals surface area contributed by atoms with Gasteiger partial charge in [0.05, 0.1) is 6.61 Å². The predicted octanol–water partition coefficient (Wildman–Crippen LogP) is 2.80. The molecule has 0 aromatic heterocycles. The van der Waals surface area contributed by atoms with Crippen molar-refractivity contribution in [2.24, 2.45) is 0 Å². The zero-order valence-corrected chi connectivity index (χ0v) is 12.2. The van der Waals surface area contributed by atoms with E-state index in [2.05, 4.69) is 17.1 Å². The van der Waals surface area contributed by atoms with Crippen LogP contribution in [0, 0.1) is 5.82 Å². The average molecular weight is 268 g/mol. The van der Waals surface area contributed by atoms with E-state index in [1.807, 2.05) is 13.1 Å². The van der Waals surface area contributed by atoms with Crippen molar-refractivity contribution in [2.45, 2.75) is 26.3 Å². The molecule has 4 heteroatoms. The lowest BCUT2D eigenvalue weighted by atomic mass is 10.1. The van der Waals surface area contributed by atoms with Gasteiger partial charge in [-0.3, -0.25) is 0 Å². The fraction of sp³-hybridized carbons (Fsp3) is 0.600. The monoisotopic (exact) mass is 268 g/mol. The molecule has 0 radical (unpaired) electrons. The predicted molar refractivity (Wildman–Crippen MR) is 78.2 cm³/mol. The molecular weight excluding hydrogens is 243 g/mol. The van der Waals surface area contributed by atoms with Gasteiger partial charge in [-0.05, 0) is 18.6 Å². The van der Waals surface area contributed by atoms with Gasteiger partial charge in [-0.15, -0.1) is 0 Å². The maximum absolute atomic E-state index is 13.9. The third-order valence-electron chi connectivity index (χ3n) is 3.14. The lowest BCUT2D eigenvalue weighted by Crippen LogP contribution is -2.24. The number of nitrogens with one attached hydrogen (secondary N) is 1. The van der Waals surface area contributed by atoms with Gasteiger partial charge in [0.25, 0.3) is 0 Å². The second kappa shape index (κ2) is 8.88. The molecule has 108 valence electrons. The highest BCUT2D eigenvalue weighted by molar-refractivity contribution is 5.53. The third-order valence-corrected chi connectivity index (χ3v) is 3.14. The summed E-state index contributed by atoms with van der Waals surface area (Å²) in [7, 11) is 3.68. The number of ether oxygens (including phenoxy) is 1. The molecule has 0 spiro atoms. The summed E-state index contributed by atoms with van der Waals surface area (Å²) in [5, 5.41) is 3.20. The fourth-order valence-corrected chi connectivity index (χ4v) is 1.98. The minimum absolute atomic E-state index is 0.147. The Morgan fingerprint density at radius 2 is 2.16 bits per heavy atom. The highest BCUT2D eigenvalue weighted by Crippen LogP contribution is 2.22. The van der Waals surface area contributed by atoms with E-state index in [-0.39, 0.29) is 5.82 Å². The molecule has 0 aliphatic rings. The Morgan fingerprint density at radius 1 is 1.37 bits per heavy atom. The molecule has 0 saturated carbocycles. The molecule has 0 heterocycles. The number of rotatable bonds is 9. The van der Waals surface area contributed by atoms with Crippen LogP contribution in [0.4, 0.5) is 10.1 Å². The van der Waals surface area contributed by atoms with Gasteiger partial charge in [0.2, 0.25) is 0 Å². The third kappa shape index (κ3) is 5.17. The first-order valence-electron chi connectivity index (χ1n) is 6.88. The number of halogens is 1. The van der Waals surface area contributed by atoms with E-state index >= 15 is 0 Å². The van der Waals surface area contributed by atoms with Crippen molar-refractivity contribution in [3.8, 4) is 0 Å². The second-order valence-electron chi connectivity index (χ2n) is 4.68. The van der Waals surface area contributed by atoms with Gasteiger partial charge in [-0.25, -0.2) is 4.39 Å². The molecule has 19 heavy (non-hydrogen) atoms. The minimum Gasteiger partial charge on any atom is -0.383 e. The topological polar surface area (TPSA) is 24.5 Å². The molecule has 0 saturated heterocycles. The van der Waals surface area contributed by atoms with Crippen LogP contribution in [0.15, 0.2) is 18.2 Å². The Bertz CT molecular complexity index is 371. The van der Waals surface area contributed by atoms with Crippen LogP contribution in [0.5, 0.6) is 0 Å². The van der Waals surface area contributed by atoms with Crippen molar-refractivity contribution in [3.63, 3.8) is 0 Å². The van der Waals surface area contributed by atoms with E-state index in [4.69, 9.17) is 4.74 Å². The van der Waals surface area contributed by atoms with E-state index in [0.717, 1.165) is 37.2 Å². The van der Waals surface area contributed by atoms with Gasteiger partial charge in [0.1, 0.15) is 5.82 Å². The summed E-state index contributed by atoms with van der Waals surface area (Å²) >= 11 is 0. The van der Waals surface area contributed by atoms with E-state index in [1.54, 1.807) is 13.2 Å². The molecular formula is C15H25FN2O. The molecule has 1 aromatic rings. The number of hydrogen-bond acceptors (Lipinski definition) is 3. The van der Waals surface area contributed by atoms with Gasteiger partial charge >= 0.3 is 0 Å². The SMILES string of the molecule is CCCCN(C)c1cccc(F)c1CNCCOC. The highest BCUT2D eigenvalue weighted by Gasteiger charge is 2.11. The first-order valence-corrected chi connectivity index (χ1v) is 6.88. The molecule has 1 N–H and O–H groups in total. The number of hydrogen-bond donors (Lipinski definition) is 1. The molecule has 3 nitrogen and oxygen atoms in total. The Labute approximate surface area is 115 Å². The number of nitrogens with zero attached hydrogens (tertiary/aromatic N) is 1. The molecule has 0 aliphatic heterocycles. The number of benzene rings is 1. The van der Waals surface area contributed by atoms with Crippen LogP contribution in [0.25, 0.3) is 0 Å². The summed E-state index contributed by atoms with van der Waals surface area (Å²) in [6, 6.07) is 5.27. The fourth-order valence-electron chi connectivity index (χ4n) is 1.98. The van der Waals surface area contributed by atoms with E-state index in [0.29, 0.717) is 13.2 Å². The van der Waals surface area contributed by atoms with Crippen LogP contribution in [-0.2, 0) is 11.3 Å². The molecule has 0 atom stereocenters. The van der Waals surface area contributed by atoms with Gasteiger partial charge < -0.3 is 15.0 Å². The van der Waals surface area contributed by atoms with Gasteiger partial charge in [-0.2, -0.15) is 0 Å². The Hall–Kier alpha value is -1.13. The minimum atomic E-state index is -0.147. The standard InChI is InChI=1S/C15H25FN2O/c1-4-5-10-18(2)15-8-6-7-14(16)13(15)12-17-9-11-19-3/h6-8,17H,4-5,9-12H2,1-3H3. The zero-order chi connectivity index (χ0) is 14.1. The van der Waals surface area contributed by atoms with Crippen LogP contribution in [0.2, 0.25) is 0 Å². The van der Waals surface area contributed by atoms with E-state index in [9.17, 15) is 4.39 Å². The maximum atomic E-state index is 13.9. The smallest absolute Gasteiger partial charge is 0.129 e. The maximum Gasteiger partial charge on any atom is 0.129 e. The van der Waals surface area contributed by atoms with Crippen LogP contribution in [0.1, 0.15) is 25.3 Å². The zero-order valence-electron chi connectivity index (χ0n) is 12.2. The first kappa shape index (κ1) is 15.9. The summed E-state index contributed by atoms with van der Waals surface area (Å²) in [6.07, 6.45) is 2.25. The van der Waals surface area contributed by atoms with Crippen molar-refractivity contribution in [3.05, 3.63) is 29.6 Å². The summed E-state index contributed by atoms with van der Waals surface area (Å²) in [6.45, 7) is 5.00. The molecule has 0 amide bonds. The Morgan fingerprint density at radius 3 is 2.84 bits per heavy atom. The van der Waals surface area contributed by atoms with Crippen molar-refractivity contribution in [1.82, 2.24) is 5.32 Å². The molecule has 0 unspecified atom stereocenters. The molecule has 1 rings (SSSR count). The Kier molecular flexibility index (Phi) is 7.45. The lowest BCUT2D eigenvalue weighted by Gasteiger charge is -2.23. The van der Waals surface area contributed by atoms with Crippen molar-refractivity contribution in [1.29, 1.82) is 0 Å². The second-order valence-corrected chi connectivity index (χ2v) is 4.68.